The van der Waals surface area contributed by atoms with Gasteiger partial charge in [0.15, 0.2) is 6.29 Å². The molecule has 0 spiro atoms. The standard InChI is InChI=1S/C12H24O7/c1-2-3-4-7(5-13)18-12-11(17)10(16)9(15)8(6-14)19-12/h7-17H,2-6H2,1H3/t7?,8-,9+,10+,11-,12-/m1/s1. The molecular weight excluding hydrogens is 256 g/mol. The fourth-order valence-corrected chi connectivity index (χ4v) is 2.00. The molecule has 1 aliphatic rings. The van der Waals surface area contributed by atoms with Crippen LogP contribution in [0.2, 0.25) is 0 Å². The lowest BCUT2D eigenvalue weighted by atomic mass is 9.99. The van der Waals surface area contributed by atoms with Crippen LogP contribution in [0.5, 0.6) is 0 Å². The largest absolute Gasteiger partial charge is 0.394 e. The van der Waals surface area contributed by atoms with Gasteiger partial charge in [-0.25, -0.2) is 0 Å². The fraction of sp³-hybridized carbons (Fsp3) is 1.00. The van der Waals surface area contributed by atoms with Crippen molar-refractivity contribution in [3.8, 4) is 0 Å². The van der Waals surface area contributed by atoms with Gasteiger partial charge < -0.3 is 35.0 Å². The number of aliphatic hydroxyl groups is 5. The number of ether oxygens (including phenoxy) is 2. The minimum Gasteiger partial charge on any atom is -0.394 e. The van der Waals surface area contributed by atoms with Crippen molar-refractivity contribution in [1.29, 1.82) is 0 Å². The van der Waals surface area contributed by atoms with Gasteiger partial charge in [0.1, 0.15) is 24.4 Å². The van der Waals surface area contributed by atoms with Crippen molar-refractivity contribution in [2.24, 2.45) is 0 Å². The molecule has 0 aliphatic carbocycles. The van der Waals surface area contributed by atoms with E-state index in [9.17, 15) is 20.4 Å². The van der Waals surface area contributed by atoms with E-state index in [-0.39, 0.29) is 6.61 Å². The average Bonchev–Trinajstić information content (AvgIpc) is 2.43. The summed E-state index contributed by atoms with van der Waals surface area (Å²) in [7, 11) is 0. The second kappa shape index (κ2) is 8.11. The van der Waals surface area contributed by atoms with Crippen LogP contribution in [0.25, 0.3) is 0 Å². The molecule has 1 saturated heterocycles. The van der Waals surface area contributed by atoms with Crippen LogP contribution in [-0.2, 0) is 9.47 Å². The minimum atomic E-state index is -1.46. The zero-order valence-corrected chi connectivity index (χ0v) is 11.1. The summed E-state index contributed by atoms with van der Waals surface area (Å²) in [6.07, 6.45) is -4.57. The smallest absolute Gasteiger partial charge is 0.187 e. The predicted octanol–water partition coefficient (Wildman–Crippen LogP) is -1.65. The number of unbranched alkanes of at least 4 members (excludes halogenated alkanes) is 1. The molecule has 6 atom stereocenters. The highest BCUT2D eigenvalue weighted by molar-refractivity contribution is 4.89. The van der Waals surface area contributed by atoms with Crippen LogP contribution < -0.4 is 0 Å². The first kappa shape index (κ1) is 16.8. The van der Waals surface area contributed by atoms with Crippen molar-refractivity contribution >= 4 is 0 Å². The first-order valence-corrected chi connectivity index (χ1v) is 6.62. The zero-order valence-electron chi connectivity index (χ0n) is 11.1. The van der Waals surface area contributed by atoms with Gasteiger partial charge in [-0.05, 0) is 6.42 Å². The fourth-order valence-electron chi connectivity index (χ4n) is 2.00. The zero-order chi connectivity index (χ0) is 14.4. The lowest BCUT2D eigenvalue weighted by Gasteiger charge is -2.40. The Hall–Kier alpha value is -0.280. The Morgan fingerprint density at radius 1 is 1.11 bits per heavy atom. The van der Waals surface area contributed by atoms with Gasteiger partial charge in [0.05, 0.1) is 19.3 Å². The lowest BCUT2D eigenvalue weighted by molar-refractivity contribution is -0.313. The summed E-state index contributed by atoms with van der Waals surface area (Å²) in [5, 5.41) is 47.2. The lowest BCUT2D eigenvalue weighted by Crippen LogP contribution is -2.59. The first-order chi connectivity index (χ1) is 9.04. The molecule has 0 aromatic heterocycles. The van der Waals surface area contributed by atoms with Gasteiger partial charge in [-0.1, -0.05) is 19.8 Å². The molecule has 114 valence electrons. The van der Waals surface area contributed by atoms with Crippen LogP contribution >= 0.6 is 0 Å². The van der Waals surface area contributed by atoms with E-state index in [1.807, 2.05) is 6.92 Å². The molecule has 0 radical (unpaired) electrons. The summed E-state index contributed by atoms with van der Waals surface area (Å²) in [5.41, 5.74) is 0. The molecule has 1 rings (SSSR count). The van der Waals surface area contributed by atoms with E-state index in [1.54, 1.807) is 0 Å². The van der Waals surface area contributed by atoms with Crippen LogP contribution in [0, 0.1) is 0 Å². The molecule has 19 heavy (non-hydrogen) atoms. The van der Waals surface area contributed by atoms with Crippen LogP contribution in [0.1, 0.15) is 26.2 Å². The average molecular weight is 280 g/mol. The van der Waals surface area contributed by atoms with Crippen LogP contribution in [0.15, 0.2) is 0 Å². The Kier molecular flexibility index (Phi) is 7.16. The van der Waals surface area contributed by atoms with E-state index < -0.39 is 43.4 Å². The monoisotopic (exact) mass is 280 g/mol. The second-order valence-corrected chi connectivity index (χ2v) is 4.78. The second-order valence-electron chi connectivity index (χ2n) is 4.78. The van der Waals surface area contributed by atoms with E-state index in [1.165, 1.54) is 0 Å². The molecule has 5 N–H and O–H groups in total. The van der Waals surface area contributed by atoms with Gasteiger partial charge in [-0.3, -0.25) is 0 Å². The van der Waals surface area contributed by atoms with E-state index in [0.29, 0.717) is 6.42 Å². The molecule has 1 heterocycles. The summed E-state index contributed by atoms with van der Waals surface area (Å²) in [4.78, 5) is 0. The van der Waals surface area contributed by atoms with Crippen molar-refractivity contribution in [3.63, 3.8) is 0 Å². The maximum atomic E-state index is 9.77. The predicted molar refractivity (Wildman–Crippen MR) is 65.3 cm³/mol. The third kappa shape index (κ3) is 4.35. The van der Waals surface area contributed by atoms with Gasteiger partial charge in [0.25, 0.3) is 0 Å². The van der Waals surface area contributed by atoms with Crippen LogP contribution in [0.4, 0.5) is 0 Å². The Bertz CT molecular complexity index is 248. The molecule has 0 saturated carbocycles. The molecule has 1 aliphatic heterocycles. The van der Waals surface area contributed by atoms with Crippen LogP contribution in [-0.4, -0.2) is 75.6 Å². The van der Waals surface area contributed by atoms with Crippen molar-refractivity contribution in [3.05, 3.63) is 0 Å². The van der Waals surface area contributed by atoms with Gasteiger partial charge in [0.2, 0.25) is 0 Å². The van der Waals surface area contributed by atoms with Gasteiger partial charge in [-0.2, -0.15) is 0 Å². The molecule has 0 amide bonds. The Balaban J connectivity index is 2.59. The Morgan fingerprint density at radius 3 is 2.32 bits per heavy atom. The molecule has 7 nitrogen and oxygen atoms in total. The number of rotatable bonds is 7. The highest BCUT2D eigenvalue weighted by Gasteiger charge is 2.44. The molecule has 7 heteroatoms. The van der Waals surface area contributed by atoms with Crippen molar-refractivity contribution in [2.75, 3.05) is 13.2 Å². The quantitative estimate of drug-likeness (QED) is 0.379. The Morgan fingerprint density at radius 2 is 1.79 bits per heavy atom. The van der Waals surface area contributed by atoms with Gasteiger partial charge in [0, 0.05) is 0 Å². The summed E-state index contributed by atoms with van der Waals surface area (Å²) >= 11 is 0. The normalized spacial score (nSPS) is 37.3. The number of hydrogen-bond acceptors (Lipinski definition) is 7. The van der Waals surface area contributed by atoms with Crippen molar-refractivity contribution in [2.45, 2.75) is 63.0 Å². The summed E-state index contributed by atoms with van der Waals surface area (Å²) in [5.74, 6) is 0. The number of hydrogen-bond donors (Lipinski definition) is 5. The SMILES string of the molecule is CCCCC(CO)O[C@@H]1O[C@H](CO)[C@H](O)[C@H](O)[C@H]1O. The topological polar surface area (TPSA) is 120 Å². The Labute approximate surface area is 112 Å². The minimum absolute atomic E-state index is 0.227. The summed E-state index contributed by atoms with van der Waals surface area (Å²) in [6, 6.07) is 0. The molecule has 0 aromatic carbocycles. The van der Waals surface area contributed by atoms with Crippen LogP contribution in [0.3, 0.4) is 0 Å². The molecule has 0 bridgehead atoms. The maximum Gasteiger partial charge on any atom is 0.187 e. The number of aliphatic hydroxyl groups excluding tert-OH is 5. The van der Waals surface area contributed by atoms with E-state index >= 15 is 0 Å². The highest BCUT2D eigenvalue weighted by atomic mass is 16.7. The third-order valence-corrected chi connectivity index (χ3v) is 3.26. The van der Waals surface area contributed by atoms with Gasteiger partial charge >= 0.3 is 0 Å². The van der Waals surface area contributed by atoms with Gasteiger partial charge in [-0.15, -0.1) is 0 Å². The molecular formula is C12H24O7. The molecule has 1 unspecified atom stereocenters. The maximum absolute atomic E-state index is 9.77. The third-order valence-electron chi connectivity index (χ3n) is 3.26. The highest BCUT2D eigenvalue weighted by Crippen LogP contribution is 2.23. The molecule has 1 fully saturated rings. The van der Waals surface area contributed by atoms with E-state index in [2.05, 4.69) is 0 Å². The first-order valence-electron chi connectivity index (χ1n) is 6.62. The van der Waals surface area contributed by atoms with E-state index in [4.69, 9.17) is 14.6 Å². The van der Waals surface area contributed by atoms with E-state index in [0.717, 1.165) is 12.8 Å². The summed E-state index contributed by atoms with van der Waals surface area (Å²) in [6.45, 7) is 1.28. The summed E-state index contributed by atoms with van der Waals surface area (Å²) < 4.78 is 10.6. The molecule has 0 aromatic rings. The van der Waals surface area contributed by atoms with Crippen molar-refractivity contribution in [1.82, 2.24) is 0 Å². The van der Waals surface area contributed by atoms with Crippen molar-refractivity contribution < 1.29 is 35.0 Å².